The first-order chi connectivity index (χ1) is 13.3. The molecule has 0 N–H and O–H groups in total. The van der Waals surface area contributed by atoms with Gasteiger partial charge in [-0.25, -0.2) is 0 Å². The predicted octanol–water partition coefficient (Wildman–Crippen LogP) is 5.04. The summed E-state index contributed by atoms with van der Waals surface area (Å²) >= 11 is 0. The monoisotopic (exact) mass is 382 g/mol. The number of nitrogens with zero attached hydrogens (tertiary/aromatic N) is 1. The number of benzene rings is 2. The molecule has 2 aromatic rings. The van der Waals surface area contributed by atoms with Crippen LogP contribution in [-0.4, -0.2) is 42.7 Å². The van der Waals surface area contributed by atoms with E-state index in [1.165, 1.54) is 0 Å². The van der Waals surface area contributed by atoms with Crippen molar-refractivity contribution in [1.29, 1.82) is 0 Å². The van der Waals surface area contributed by atoms with Gasteiger partial charge in [0.15, 0.2) is 0 Å². The Morgan fingerprint density at radius 3 is 2.36 bits per heavy atom. The lowest BCUT2D eigenvalue weighted by Crippen LogP contribution is -2.56. The molecule has 1 heterocycles. The standard InChI is InChI=1S/C24H32NO3/c1-16(2)25(6,17(3)4)14-15-27-24(26)22-19-11-7-8-13-21(19)28-23-18(5)10-9-12-20(22)23/h7-13,16-17,22H,14-15H2,1-6H3/q+1. The molecule has 4 heteroatoms. The fourth-order valence-electron chi connectivity index (χ4n) is 3.92. The molecule has 2 aromatic carbocycles. The van der Waals surface area contributed by atoms with E-state index < -0.39 is 5.92 Å². The SMILES string of the molecule is Cc1cccc2c1Oc1ccccc1C2C(=O)OCC[N+](C)(C(C)C)C(C)C. The third-order valence-corrected chi connectivity index (χ3v) is 6.41. The smallest absolute Gasteiger partial charge is 0.318 e. The molecule has 0 spiro atoms. The molecular formula is C24H32NO3+. The first-order valence-electron chi connectivity index (χ1n) is 10.1. The van der Waals surface area contributed by atoms with E-state index in [0.717, 1.165) is 39.2 Å². The Morgan fingerprint density at radius 2 is 1.68 bits per heavy atom. The van der Waals surface area contributed by atoms with Gasteiger partial charge in [0.2, 0.25) is 0 Å². The first-order valence-corrected chi connectivity index (χ1v) is 10.1. The van der Waals surface area contributed by atoms with Crippen molar-refractivity contribution in [2.45, 2.75) is 52.6 Å². The van der Waals surface area contributed by atoms with Crippen molar-refractivity contribution in [2.24, 2.45) is 0 Å². The van der Waals surface area contributed by atoms with Gasteiger partial charge in [0.25, 0.3) is 0 Å². The number of likely N-dealkylation sites (N-methyl/N-ethyl adjacent to an activating group) is 1. The molecule has 1 atom stereocenters. The van der Waals surface area contributed by atoms with Crippen molar-refractivity contribution in [3.63, 3.8) is 0 Å². The van der Waals surface area contributed by atoms with Crippen LogP contribution in [0.2, 0.25) is 0 Å². The number of ether oxygens (including phenoxy) is 2. The minimum absolute atomic E-state index is 0.207. The van der Waals surface area contributed by atoms with Gasteiger partial charge in [0.05, 0.1) is 19.1 Å². The van der Waals surface area contributed by atoms with Gasteiger partial charge in [-0.2, -0.15) is 0 Å². The minimum atomic E-state index is -0.447. The van der Waals surface area contributed by atoms with Crippen LogP contribution >= 0.6 is 0 Å². The number of carbonyl (C=O) groups excluding carboxylic acids is 1. The molecule has 0 saturated heterocycles. The van der Waals surface area contributed by atoms with Crippen molar-refractivity contribution in [2.75, 3.05) is 20.2 Å². The van der Waals surface area contributed by atoms with Crippen LogP contribution in [0, 0.1) is 6.92 Å². The van der Waals surface area contributed by atoms with Crippen LogP contribution in [0.3, 0.4) is 0 Å². The van der Waals surface area contributed by atoms with E-state index in [1.807, 2.05) is 49.4 Å². The van der Waals surface area contributed by atoms with E-state index >= 15 is 0 Å². The zero-order chi connectivity index (χ0) is 20.5. The van der Waals surface area contributed by atoms with Gasteiger partial charge in [-0.15, -0.1) is 0 Å². The molecule has 1 aliphatic heterocycles. The zero-order valence-corrected chi connectivity index (χ0v) is 17.9. The van der Waals surface area contributed by atoms with E-state index in [-0.39, 0.29) is 5.97 Å². The van der Waals surface area contributed by atoms with Crippen LogP contribution in [0.15, 0.2) is 42.5 Å². The highest BCUT2D eigenvalue weighted by atomic mass is 16.5. The summed E-state index contributed by atoms with van der Waals surface area (Å²) in [5.41, 5.74) is 2.78. The number of carbonyl (C=O) groups is 1. The summed E-state index contributed by atoms with van der Waals surface area (Å²) in [7, 11) is 2.23. The van der Waals surface area contributed by atoms with Crippen molar-refractivity contribution >= 4 is 5.97 Å². The maximum Gasteiger partial charge on any atom is 0.318 e. The molecule has 0 aromatic heterocycles. The van der Waals surface area contributed by atoms with E-state index in [0.29, 0.717) is 18.7 Å². The number of aryl methyl sites for hydroxylation is 1. The van der Waals surface area contributed by atoms with Gasteiger partial charge in [-0.3, -0.25) is 4.79 Å². The molecule has 0 bridgehead atoms. The molecule has 28 heavy (non-hydrogen) atoms. The Balaban J connectivity index is 1.84. The lowest BCUT2D eigenvalue weighted by atomic mass is 9.87. The molecule has 0 amide bonds. The Kier molecular flexibility index (Phi) is 5.80. The number of hydrogen-bond donors (Lipinski definition) is 0. The fourth-order valence-corrected chi connectivity index (χ4v) is 3.92. The predicted molar refractivity (Wildman–Crippen MR) is 112 cm³/mol. The van der Waals surface area contributed by atoms with Crippen LogP contribution in [0.1, 0.15) is 50.3 Å². The second-order valence-corrected chi connectivity index (χ2v) is 8.49. The molecule has 0 fully saturated rings. The summed E-state index contributed by atoms with van der Waals surface area (Å²) in [5, 5.41) is 0. The first kappa shape index (κ1) is 20.4. The highest BCUT2D eigenvalue weighted by Gasteiger charge is 2.35. The second kappa shape index (κ2) is 7.96. The fraction of sp³-hybridized carbons (Fsp3) is 0.458. The third kappa shape index (κ3) is 3.66. The molecule has 1 aliphatic rings. The Morgan fingerprint density at radius 1 is 1.04 bits per heavy atom. The topological polar surface area (TPSA) is 35.5 Å². The summed E-state index contributed by atoms with van der Waals surface area (Å²) in [6, 6.07) is 14.6. The number of rotatable bonds is 6. The van der Waals surface area contributed by atoms with Crippen LogP contribution in [0.5, 0.6) is 11.5 Å². The number of para-hydroxylation sites is 2. The van der Waals surface area contributed by atoms with Crippen LogP contribution in [-0.2, 0) is 9.53 Å². The van der Waals surface area contributed by atoms with Gasteiger partial charge < -0.3 is 14.0 Å². The quantitative estimate of drug-likeness (QED) is 0.519. The number of esters is 1. The van der Waals surface area contributed by atoms with Gasteiger partial charge in [0, 0.05) is 11.1 Å². The minimum Gasteiger partial charge on any atom is -0.459 e. The van der Waals surface area contributed by atoms with E-state index in [4.69, 9.17) is 9.47 Å². The summed E-state index contributed by atoms with van der Waals surface area (Å²) in [6.07, 6.45) is 0. The number of quaternary nitrogens is 1. The van der Waals surface area contributed by atoms with Crippen LogP contribution in [0.25, 0.3) is 0 Å². The lowest BCUT2D eigenvalue weighted by molar-refractivity contribution is -0.949. The van der Waals surface area contributed by atoms with Crippen molar-refractivity contribution < 1.29 is 18.8 Å². The average Bonchev–Trinajstić information content (AvgIpc) is 2.66. The normalized spacial score (nSPS) is 15.8. The van der Waals surface area contributed by atoms with E-state index in [2.05, 4.69) is 34.7 Å². The highest BCUT2D eigenvalue weighted by Crippen LogP contribution is 2.45. The van der Waals surface area contributed by atoms with Crippen molar-refractivity contribution in [3.8, 4) is 11.5 Å². The molecule has 0 radical (unpaired) electrons. The van der Waals surface area contributed by atoms with Crippen molar-refractivity contribution in [3.05, 3.63) is 59.2 Å². The maximum atomic E-state index is 13.2. The summed E-state index contributed by atoms with van der Waals surface area (Å²) in [5.74, 6) is 0.850. The largest absolute Gasteiger partial charge is 0.459 e. The van der Waals surface area contributed by atoms with E-state index in [1.54, 1.807) is 0 Å². The highest BCUT2D eigenvalue weighted by molar-refractivity contribution is 5.85. The van der Waals surface area contributed by atoms with E-state index in [9.17, 15) is 4.79 Å². The Hall–Kier alpha value is -2.33. The molecule has 0 saturated carbocycles. The summed E-state index contributed by atoms with van der Waals surface area (Å²) in [4.78, 5) is 13.2. The molecule has 150 valence electrons. The van der Waals surface area contributed by atoms with Gasteiger partial charge in [-0.1, -0.05) is 36.4 Å². The number of hydrogen-bond acceptors (Lipinski definition) is 3. The van der Waals surface area contributed by atoms with Gasteiger partial charge >= 0.3 is 5.97 Å². The summed E-state index contributed by atoms with van der Waals surface area (Å²) < 4.78 is 12.8. The third-order valence-electron chi connectivity index (χ3n) is 6.41. The molecule has 3 rings (SSSR count). The average molecular weight is 383 g/mol. The number of fused-ring (bicyclic) bond motifs is 2. The summed E-state index contributed by atoms with van der Waals surface area (Å²) in [6.45, 7) is 12.1. The molecule has 1 unspecified atom stereocenters. The van der Waals surface area contributed by atoms with Gasteiger partial charge in [0.1, 0.15) is 30.6 Å². The second-order valence-electron chi connectivity index (χ2n) is 8.49. The molecule has 0 aliphatic carbocycles. The Labute approximate surface area is 168 Å². The Bertz CT molecular complexity index is 849. The molecule has 4 nitrogen and oxygen atoms in total. The lowest BCUT2D eigenvalue weighted by Gasteiger charge is -2.42. The van der Waals surface area contributed by atoms with Crippen LogP contribution < -0.4 is 4.74 Å². The van der Waals surface area contributed by atoms with Crippen molar-refractivity contribution in [1.82, 2.24) is 0 Å². The maximum absolute atomic E-state index is 13.2. The van der Waals surface area contributed by atoms with Gasteiger partial charge in [-0.05, 0) is 46.2 Å². The van der Waals surface area contributed by atoms with Crippen LogP contribution in [0.4, 0.5) is 0 Å². The molecular weight excluding hydrogens is 350 g/mol. The zero-order valence-electron chi connectivity index (χ0n) is 17.9.